The monoisotopic (exact) mass is 244 g/mol. The fourth-order valence-corrected chi connectivity index (χ4v) is 2.48. The van der Waals surface area contributed by atoms with Crippen molar-refractivity contribution in [3.63, 3.8) is 0 Å². The summed E-state index contributed by atoms with van der Waals surface area (Å²) in [5.41, 5.74) is 3.28. The lowest BCUT2D eigenvalue weighted by atomic mass is 9.74. The van der Waals surface area contributed by atoms with Gasteiger partial charge in [0.25, 0.3) is 0 Å². The van der Waals surface area contributed by atoms with Crippen LogP contribution in [0.5, 0.6) is 0 Å². The molecule has 18 heavy (non-hydrogen) atoms. The number of rotatable bonds is 4. The number of benzene rings is 1. The van der Waals surface area contributed by atoms with Gasteiger partial charge in [-0.1, -0.05) is 6.07 Å². The number of nitrogens with one attached hydrogen (secondary N) is 1. The van der Waals surface area contributed by atoms with E-state index in [0.29, 0.717) is 19.6 Å². The predicted molar refractivity (Wildman–Crippen MR) is 68.5 cm³/mol. The second kappa shape index (κ2) is 4.21. The Labute approximate surface area is 105 Å². The number of aromatic nitrogens is 2. The molecular weight excluding hydrogens is 228 g/mol. The van der Waals surface area contributed by atoms with Gasteiger partial charge >= 0.3 is 0 Å². The van der Waals surface area contributed by atoms with Crippen molar-refractivity contribution in [3.8, 4) is 0 Å². The molecule has 0 spiro atoms. The maximum absolute atomic E-state index is 11.2. The lowest BCUT2D eigenvalue weighted by Crippen LogP contribution is -2.46. The van der Waals surface area contributed by atoms with Crippen LogP contribution in [0.4, 0.5) is 0 Å². The van der Waals surface area contributed by atoms with Crippen LogP contribution in [0.15, 0.2) is 24.5 Å². The van der Waals surface area contributed by atoms with E-state index in [1.807, 2.05) is 6.07 Å². The number of nitrogens with zero attached hydrogens (tertiary/aromatic N) is 1. The molecule has 2 aromatic rings. The molecule has 0 atom stereocenters. The molecular formula is C14H16N2O2. The number of fused-ring (bicyclic) bond motifs is 1. The van der Waals surface area contributed by atoms with Crippen molar-refractivity contribution in [1.82, 2.24) is 9.97 Å². The van der Waals surface area contributed by atoms with Crippen molar-refractivity contribution in [1.29, 1.82) is 0 Å². The molecule has 0 bridgehead atoms. The first-order valence-corrected chi connectivity index (χ1v) is 6.20. The van der Waals surface area contributed by atoms with Crippen molar-refractivity contribution >= 4 is 16.8 Å². The van der Waals surface area contributed by atoms with E-state index in [9.17, 15) is 4.79 Å². The third kappa shape index (κ3) is 1.82. The van der Waals surface area contributed by atoms with Gasteiger partial charge in [-0.15, -0.1) is 0 Å². The zero-order valence-corrected chi connectivity index (χ0v) is 10.4. The SMILES string of the molecule is CC(=O)CCC1(c2ccc3nc[nH]c3c2)COC1. The molecule has 1 aliphatic heterocycles. The van der Waals surface area contributed by atoms with Gasteiger partial charge in [-0.25, -0.2) is 4.98 Å². The van der Waals surface area contributed by atoms with Gasteiger partial charge in [0.2, 0.25) is 0 Å². The van der Waals surface area contributed by atoms with Crippen LogP contribution in [0.3, 0.4) is 0 Å². The number of Topliss-reactive ketones (excluding diaryl/α,β-unsaturated/α-hetero) is 1. The molecule has 0 aliphatic carbocycles. The number of ketones is 1. The Balaban J connectivity index is 1.92. The minimum Gasteiger partial charge on any atom is -0.379 e. The minimum atomic E-state index is 0.0188. The predicted octanol–water partition coefficient (Wildman–Crippen LogP) is 2.20. The highest BCUT2D eigenvalue weighted by atomic mass is 16.5. The van der Waals surface area contributed by atoms with Crippen molar-refractivity contribution in [3.05, 3.63) is 30.1 Å². The van der Waals surface area contributed by atoms with E-state index in [2.05, 4.69) is 22.1 Å². The molecule has 0 unspecified atom stereocenters. The molecule has 1 saturated heterocycles. The molecule has 3 rings (SSSR count). The highest BCUT2D eigenvalue weighted by Crippen LogP contribution is 2.37. The van der Waals surface area contributed by atoms with Gasteiger partial charge in [-0.05, 0) is 31.0 Å². The molecule has 94 valence electrons. The Hall–Kier alpha value is -1.68. The number of hydrogen-bond donors (Lipinski definition) is 1. The van der Waals surface area contributed by atoms with Crippen LogP contribution in [0.25, 0.3) is 11.0 Å². The van der Waals surface area contributed by atoms with E-state index in [0.717, 1.165) is 17.5 Å². The van der Waals surface area contributed by atoms with E-state index >= 15 is 0 Å². The molecule has 1 aromatic carbocycles. The van der Waals surface area contributed by atoms with Gasteiger partial charge in [0, 0.05) is 11.8 Å². The second-order valence-electron chi connectivity index (χ2n) is 5.11. The fraction of sp³-hybridized carbons (Fsp3) is 0.429. The molecule has 0 amide bonds. The number of carbonyl (C=O) groups excluding carboxylic acids is 1. The number of carbonyl (C=O) groups is 1. The van der Waals surface area contributed by atoms with Crippen LogP contribution in [0, 0.1) is 0 Å². The summed E-state index contributed by atoms with van der Waals surface area (Å²) >= 11 is 0. The highest BCUT2D eigenvalue weighted by molar-refractivity contribution is 5.76. The minimum absolute atomic E-state index is 0.0188. The van der Waals surface area contributed by atoms with Gasteiger partial charge in [0.05, 0.1) is 30.6 Å². The summed E-state index contributed by atoms with van der Waals surface area (Å²) < 4.78 is 5.38. The Morgan fingerprint density at radius 2 is 2.33 bits per heavy atom. The normalized spacial score (nSPS) is 17.6. The molecule has 1 N–H and O–H groups in total. The smallest absolute Gasteiger partial charge is 0.129 e. The fourth-order valence-electron chi connectivity index (χ4n) is 2.48. The van der Waals surface area contributed by atoms with Gasteiger partial charge in [-0.2, -0.15) is 0 Å². The average Bonchev–Trinajstić information content (AvgIpc) is 2.74. The van der Waals surface area contributed by atoms with E-state index in [1.54, 1.807) is 13.3 Å². The van der Waals surface area contributed by atoms with Crippen molar-refractivity contribution in [2.45, 2.75) is 25.2 Å². The van der Waals surface area contributed by atoms with Crippen molar-refractivity contribution in [2.24, 2.45) is 0 Å². The number of hydrogen-bond acceptors (Lipinski definition) is 3. The maximum atomic E-state index is 11.2. The molecule has 0 radical (unpaired) electrons. The van der Waals surface area contributed by atoms with E-state index in [-0.39, 0.29) is 11.2 Å². The molecule has 1 aliphatic rings. The molecule has 1 fully saturated rings. The Kier molecular flexibility index (Phi) is 2.67. The first kappa shape index (κ1) is 11.4. The zero-order chi connectivity index (χ0) is 12.6. The lowest BCUT2D eigenvalue weighted by Gasteiger charge is -2.42. The summed E-state index contributed by atoms with van der Waals surface area (Å²) in [6.07, 6.45) is 3.18. The summed E-state index contributed by atoms with van der Waals surface area (Å²) in [5.74, 6) is 0.240. The zero-order valence-electron chi connectivity index (χ0n) is 10.4. The molecule has 4 nitrogen and oxygen atoms in total. The van der Waals surface area contributed by atoms with Gasteiger partial charge < -0.3 is 14.5 Å². The first-order valence-electron chi connectivity index (χ1n) is 6.20. The Morgan fingerprint density at radius 3 is 3.00 bits per heavy atom. The van der Waals surface area contributed by atoms with E-state index < -0.39 is 0 Å². The van der Waals surface area contributed by atoms with E-state index in [1.165, 1.54) is 5.56 Å². The largest absolute Gasteiger partial charge is 0.379 e. The average molecular weight is 244 g/mol. The number of H-pyrrole nitrogens is 1. The van der Waals surface area contributed by atoms with Crippen molar-refractivity contribution in [2.75, 3.05) is 13.2 Å². The number of ether oxygens (including phenoxy) is 1. The Morgan fingerprint density at radius 1 is 1.50 bits per heavy atom. The van der Waals surface area contributed by atoms with Crippen LogP contribution in [-0.4, -0.2) is 29.0 Å². The van der Waals surface area contributed by atoms with Crippen LogP contribution in [0.2, 0.25) is 0 Å². The molecule has 2 heterocycles. The standard InChI is InChI=1S/C14H16N2O2/c1-10(17)4-5-14(7-18-8-14)11-2-3-12-13(6-11)16-9-15-12/h2-3,6,9H,4-5,7-8H2,1H3,(H,15,16). The van der Waals surface area contributed by atoms with E-state index in [4.69, 9.17) is 4.74 Å². The summed E-state index contributed by atoms with van der Waals surface area (Å²) in [5, 5.41) is 0. The third-order valence-corrected chi connectivity index (χ3v) is 3.74. The Bertz CT molecular complexity index is 584. The second-order valence-corrected chi connectivity index (χ2v) is 5.11. The van der Waals surface area contributed by atoms with Crippen LogP contribution in [0.1, 0.15) is 25.3 Å². The topological polar surface area (TPSA) is 55.0 Å². The van der Waals surface area contributed by atoms with Crippen molar-refractivity contribution < 1.29 is 9.53 Å². The molecule has 1 aromatic heterocycles. The third-order valence-electron chi connectivity index (χ3n) is 3.74. The molecule has 4 heteroatoms. The van der Waals surface area contributed by atoms with Gasteiger partial charge in [0.15, 0.2) is 0 Å². The first-order chi connectivity index (χ1) is 8.70. The molecule has 0 saturated carbocycles. The summed E-state index contributed by atoms with van der Waals surface area (Å²) in [4.78, 5) is 18.5. The summed E-state index contributed by atoms with van der Waals surface area (Å²) in [6, 6.07) is 6.26. The highest BCUT2D eigenvalue weighted by Gasteiger charge is 2.40. The van der Waals surface area contributed by atoms with Crippen LogP contribution < -0.4 is 0 Å². The summed E-state index contributed by atoms with van der Waals surface area (Å²) in [7, 11) is 0. The van der Waals surface area contributed by atoms with Gasteiger partial charge in [-0.3, -0.25) is 0 Å². The van der Waals surface area contributed by atoms with Crippen LogP contribution >= 0.6 is 0 Å². The van der Waals surface area contributed by atoms with Crippen LogP contribution in [-0.2, 0) is 14.9 Å². The van der Waals surface area contributed by atoms with Gasteiger partial charge in [0.1, 0.15) is 5.78 Å². The maximum Gasteiger partial charge on any atom is 0.129 e. The summed E-state index contributed by atoms with van der Waals surface area (Å²) in [6.45, 7) is 3.06. The number of imidazole rings is 1. The quantitative estimate of drug-likeness (QED) is 0.897. The lowest BCUT2D eigenvalue weighted by molar-refractivity contribution is -0.119. The number of aromatic amines is 1.